The molecule has 0 aromatic heterocycles. The molecule has 1 atom stereocenters. The van der Waals surface area contributed by atoms with Crippen LogP contribution in [0.3, 0.4) is 0 Å². The lowest BCUT2D eigenvalue weighted by molar-refractivity contribution is -0.127. The molecule has 1 fully saturated rings. The Kier molecular flexibility index (Phi) is 3.52. The van der Waals surface area contributed by atoms with Gasteiger partial charge in [0.1, 0.15) is 0 Å². The first-order chi connectivity index (χ1) is 5.95. The fourth-order valence-corrected chi connectivity index (χ4v) is 2.61. The quantitative estimate of drug-likeness (QED) is 0.541. The minimum atomic E-state index is -3.47. The molecule has 1 saturated heterocycles. The van der Waals surface area contributed by atoms with Gasteiger partial charge in [-0.15, -0.1) is 0 Å². The van der Waals surface area contributed by atoms with E-state index >= 15 is 0 Å². The molecule has 1 amide bonds. The highest BCUT2D eigenvalue weighted by atomic mass is 127. The molecule has 0 saturated carbocycles. The van der Waals surface area contributed by atoms with Crippen molar-refractivity contribution in [3.8, 4) is 0 Å². The van der Waals surface area contributed by atoms with E-state index in [4.69, 9.17) is 5.14 Å². The number of nitrogens with zero attached hydrogens (tertiary/aromatic N) is 1. The van der Waals surface area contributed by atoms with Crippen LogP contribution in [-0.2, 0) is 14.8 Å². The van der Waals surface area contributed by atoms with Crippen molar-refractivity contribution in [2.45, 2.75) is 11.7 Å². The average molecular weight is 318 g/mol. The summed E-state index contributed by atoms with van der Waals surface area (Å²) in [5, 5.41) is 4.41. The van der Waals surface area contributed by atoms with Crippen molar-refractivity contribution in [2.24, 2.45) is 5.14 Å². The molecule has 0 spiro atoms. The Balaban J connectivity index is 2.60. The van der Waals surface area contributed by atoms with Crippen LogP contribution in [0.25, 0.3) is 0 Å². The highest BCUT2D eigenvalue weighted by Gasteiger charge is 2.32. The minimum absolute atomic E-state index is 0.0215. The number of primary sulfonamides is 1. The van der Waals surface area contributed by atoms with Crippen LogP contribution in [-0.4, -0.2) is 42.0 Å². The lowest BCUT2D eigenvalue weighted by Crippen LogP contribution is -2.34. The van der Waals surface area contributed by atoms with E-state index < -0.39 is 15.3 Å². The van der Waals surface area contributed by atoms with Crippen LogP contribution in [0.15, 0.2) is 0 Å². The maximum atomic E-state index is 11.2. The molecule has 5 nitrogen and oxygen atoms in total. The Hall–Kier alpha value is 0.110. The maximum absolute atomic E-state index is 11.2. The predicted molar refractivity (Wildman–Crippen MR) is 57.0 cm³/mol. The van der Waals surface area contributed by atoms with Crippen molar-refractivity contribution in [3.63, 3.8) is 0 Å². The normalized spacial score (nSPS) is 23.5. The summed E-state index contributed by atoms with van der Waals surface area (Å²) >= 11 is 1.96. The molecule has 1 aliphatic heterocycles. The van der Waals surface area contributed by atoms with Gasteiger partial charge < -0.3 is 4.90 Å². The number of hydrogen-bond donors (Lipinski definition) is 1. The summed E-state index contributed by atoms with van der Waals surface area (Å²) in [6.45, 7) is 0.754. The van der Waals surface area contributed by atoms with Crippen LogP contribution in [0.4, 0.5) is 0 Å². The molecule has 0 aliphatic carbocycles. The summed E-state index contributed by atoms with van der Waals surface area (Å²) in [6, 6.07) is 0. The van der Waals surface area contributed by atoms with Crippen molar-refractivity contribution in [1.82, 2.24) is 4.90 Å². The average Bonchev–Trinajstić information content (AvgIpc) is 2.50. The zero-order valence-electron chi connectivity index (χ0n) is 6.94. The fourth-order valence-electron chi connectivity index (χ4n) is 1.31. The van der Waals surface area contributed by atoms with Gasteiger partial charge in [0.05, 0.1) is 9.68 Å². The number of alkyl halides is 1. The molecule has 0 aromatic carbocycles. The highest BCUT2D eigenvalue weighted by molar-refractivity contribution is 14.1. The Morgan fingerprint density at radius 2 is 2.23 bits per heavy atom. The standard InChI is InChI=1S/C6H11IN2O3S/c7-3-6(10)9-2-1-5(4-9)13(8,11)12/h5H,1-4H2,(H2,8,11,12). The van der Waals surface area contributed by atoms with Gasteiger partial charge in [-0.25, -0.2) is 13.6 Å². The lowest BCUT2D eigenvalue weighted by atomic mass is 10.4. The fraction of sp³-hybridized carbons (Fsp3) is 0.833. The van der Waals surface area contributed by atoms with Crippen LogP contribution >= 0.6 is 22.6 Å². The van der Waals surface area contributed by atoms with Crippen molar-refractivity contribution >= 4 is 38.5 Å². The van der Waals surface area contributed by atoms with E-state index in [1.54, 1.807) is 4.90 Å². The Morgan fingerprint density at radius 1 is 1.62 bits per heavy atom. The summed E-state index contributed by atoms with van der Waals surface area (Å²) in [5.74, 6) is -0.0215. The number of likely N-dealkylation sites (tertiary alicyclic amines) is 1. The molecular formula is C6H11IN2O3S. The molecule has 1 aliphatic rings. The number of carbonyl (C=O) groups excluding carboxylic acids is 1. The van der Waals surface area contributed by atoms with Crippen LogP contribution in [0.5, 0.6) is 0 Å². The zero-order chi connectivity index (χ0) is 10.1. The number of sulfonamides is 1. The number of nitrogens with two attached hydrogens (primary N) is 1. The maximum Gasteiger partial charge on any atom is 0.232 e. The molecule has 0 bridgehead atoms. The summed E-state index contributed by atoms with van der Waals surface area (Å²) in [7, 11) is -3.47. The molecule has 2 N–H and O–H groups in total. The van der Waals surface area contributed by atoms with Gasteiger partial charge in [0.2, 0.25) is 15.9 Å². The number of amides is 1. The van der Waals surface area contributed by atoms with Crippen LogP contribution in [0.2, 0.25) is 0 Å². The van der Waals surface area contributed by atoms with E-state index in [2.05, 4.69) is 0 Å². The third kappa shape index (κ3) is 2.78. The first-order valence-electron chi connectivity index (χ1n) is 3.80. The smallest absolute Gasteiger partial charge is 0.232 e. The number of halogens is 1. The van der Waals surface area contributed by atoms with E-state index in [-0.39, 0.29) is 12.5 Å². The van der Waals surface area contributed by atoms with Crippen molar-refractivity contribution in [3.05, 3.63) is 0 Å². The van der Waals surface area contributed by atoms with Crippen molar-refractivity contribution in [1.29, 1.82) is 0 Å². The number of rotatable bonds is 2. The molecule has 0 aromatic rings. The zero-order valence-corrected chi connectivity index (χ0v) is 9.92. The number of carbonyl (C=O) groups is 1. The summed E-state index contributed by atoms with van der Waals surface area (Å²) in [4.78, 5) is 12.7. The number of hydrogen-bond acceptors (Lipinski definition) is 3. The van der Waals surface area contributed by atoms with Gasteiger partial charge >= 0.3 is 0 Å². The van der Waals surface area contributed by atoms with Gasteiger partial charge in [0.15, 0.2) is 0 Å². The molecular weight excluding hydrogens is 307 g/mol. The molecule has 1 unspecified atom stereocenters. The largest absolute Gasteiger partial charge is 0.341 e. The molecule has 1 rings (SSSR count). The highest BCUT2D eigenvalue weighted by Crippen LogP contribution is 2.15. The van der Waals surface area contributed by atoms with Crippen LogP contribution in [0, 0.1) is 0 Å². The second-order valence-corrected chi connectivity index (χ2v) is 5.58. The first-order valence-corrected chi connectivity index (χ1v) is 6.94. The van der Waals surface area contributed by atoms with E-state index in [0.29, 0.717) is 17.4 Å². The van der Waals surface area contributed by atoms with Gasteiger partial charge in [0, 0.05) is 13.1 Å². The van der Waals surface area contributed by atoms with Gasteiger partial charge in [0.25, 0.3) is 0 Å². The van der Waals surface area contributed by atoms with E-state index in [0.717, 1.165) is 0 Å². The molecule has 1 heterocycles. The van der Waals surface area contributed by atoms with Gasteiger partial charge in [-0.2, -0.15) is 0 Å². The first kappa shape index (κ1) is 11.2. The van der Waals surface area contributed by atoms with E-state index in [1.165, 1.54) is 0 Å². The van der Waals surface area contributed by atoms with Gasteiger partial charge in [-0.3, -0.25) is 4.79 Å². The topological polar surface area (TPSA) is 80.5 Å². The summed E-state index contributed by atoms with van der Waals surface area (Å²) < 4.78 is 22.2. The molecule has 76 valence electrons. The molecule has 0 radical (unpaired) electrons. The van der Waals surface area contributed by atoms with Crippen molar-refractivity contribution in [2.75, 3.05) is 17.5 Å². The minimum Gasteiger partial charge on any atom is -0.341 e. The second kappa shape index (κ2) is 4.09. The lowest BCUT2D eigenvalue weighted by Gasteiger charge is -2.13. The van der Waals surface area contributed by atoms with Crippen LogP contribution in [0.1, 0.15) is 6.42 Å². The third-order valence-corrected chi connectivity index (χ3v) is 4.04. The van der Waals surface area contributed by atoms with E-state index in [9.17, 15) is 13.2 Å². The predicted octanol–water partition coefficient (Wildman–Crippen LogP) is -0.689. The molecule has 7 heteroatoms. The van der Waals surface area contributed by atoms with Gasteiger partial charge in [-0.1, -0.05) is 22.6 Å². The van der Waals surface area contributed by atoms with Gasteiger partial charge in [-0.05, 0) is 6.42 Å². The Bertz CT molecular complexity index is 303. The monoisotopic (exact) mass is 318 g/mol. The summed E-state index contributed by atoms with van der Waals surface area (Å²) in [6.07, 6.45) is 0.460. The van der Waals surface area contributed by atoms with Crippen LogP contribution < -0.4 is 5.14 Å². The SMILES string of the molecule is NS(=O)(=O)C1CCN(C(=O)CI)C1. The van der Waals surface area contributed by atoms with Crippen molar-refractivity contribution < 1.29 is 13.2 Å². The third-order valence-electron chi connectivity index (χ3n) is 2.08. The van der Waals surface area contributed by atoms with E-state index in [1.807, 2.05) is 22.6 Å². The Labute approximate surface area is 90.8 Å². The Morgan fingerprint density at radius 3 is 2.62 bits per heavy atom. The second-order valence-electron chi connectivity index (χ2n) is 2.97. The summed E-state index contributed by atoms with van der Waals surface area (Å²) in [5.41, 5.74) is 0. The molecule has 13 heavy (non-hydrogen) atoms.